The van der Waals surface area contributed by atoms with Crippen LogP contribution in [-0.2, 0) is 4.74 Å². The van der Waals surface area contributed by atoms with Crippen molar-refractivity contribution in [3.63, 3.8) is 0 Å². The quantitative estimate of drug-likeness (QED) is 0.633. The first-order chi connectivity index (χ1) is 10.6. The molecule has 0 aliphatic carbocycles. The maximum Gasteiger partial charge on any atom is 0.269 e. The van der Waals surface area contributed by atoms with Gasteiger partial charge in [0.1, 0.15) is 0 Å². The Bertz CT molecular complexity index is 535. The molecule has 0 N–H and O–H groups in total. The molecule has 0 saturated carbocycles. The summed E-state index contributed by atoms with van der Waals surface area (Å²) in [5.41, 5.74) is 2.29. The van der Waals surface area contributed by atoms with Gasteiger partial charge in [-0.1, -0.05) is 0 Å². The monoisotopic (exact) mass is 305 g/mol. The molecule has 0 radical (unpaired) electrons. The second kappa shape index (κ2) is 6.62. The van der Waals surface area contributed by atoms with Crippen LogP contribution >= 0.6 is 0 Å². The highest BCUT2D eigenvalue weighted by Crippen LogP contribution is 2.28. The molecule has 0 aromatic heterocycles. The normalized spacial score (nSPS) is 21.0. The van der Waals surface area contributed by atoms with Crippen LogP contribution in [-0.4, -0.2) is 55.3 Å². The molecular formula is C16H23N3O3. The van der Waals surface area contributed by atoms with Gasteiger partial charge in [0, 0.05) is 50.0 Å². The van der Waals surface area contributed by atoms with E-state index in [0.29, 0.717) is 6.04 Å². The molecule has 120 valence electrons. The maximum absolute atomic E-state index is 10.8. The average molecular weight is 305 g/mol. The standard InChI is InChI=1S/C16H23N3O3/c1-13-12-15(19(20)21)2-3-16(13)18-6-4-14(5-7-18)17-8-10-22-11-9-17/h2-3,12,14H,4-11H2,1H3. The Hall–Kier alpha value is -1.66. The number of non-ortho nitro benzene ring substituents is 1. The Labute approximate surface area is 130 Å². The van der Waals surface area contributed by atoms with Gasteiger partial charge in [-0.3, -0.25) is 15.0 Å². The molecule has 3 rings (SSSR count). The van der Waals surface area contributed by atoms with E-state index in [0.717, 1.165) is 63.5 Å². The third kappa shape index (κ3) is 3.23. The van der Waals surface area contributed by atoms with E-state index in [9.17, 15) is 10.1 Å². The highest BCUT2D eigenvalue weighted by Gasteiger charge is 2.26. The van der Waals surface area contributed by atoms with Crippen LogP contribution in [0.1, 0.15) is 18.4 Å². The molecule has 2 aliphatic heterocycles. The summed E-state index contributed by atoms with van der Waals surface area (Å²) in [5, 5.41) is 10.8. The lowest BCUT2D eigenvalue weighted by Crippen LogP contribution is -2.49. The zero-order valence-corrected chi connectivity index (χ0v) is 13.0. The van der Waals surface area contributed by atoms with E-state index < -0.39 is 0 Å². The molecular weight excluding hydrogens is 282 g/mol. The van der Waals surface area contributed by atoms with Crippen LogP contribution in [0.5, 0.6) is 0 Å². The summed E-state index contributed by atoms with van der Waals surface area (Å²) in [6, 6.07) is 5.82. The van der Waals surface area contributed by atoms with E-state index in [1.54, 1.807) is 12.1 Å². The van der Waals surface area contributed by atoms with Gasteiger partial charge < -0.3 is 9.64 Å². The molecule has 22 heavy (non-hydrogen) atoms. The van der Waals surface area contributed by atoms with E-state index >= 15 is 0 Å². The number of ether oxygens (including phenoxy) is 1. The van der Waals surface area contributed by atoms with Gasteiger partial charge in [0.05, 0.1) is 18.1 Å². The van der Waals surface area contributed by atoms with Crippen molar-refractivity contribution in [3.8, 4) is 0 Å². The number of benzene rings is 1. The molecule has 6 nitrogen and oxygen atoms in total. The van der Waals surface area contributed by atoms with Crippen molar-refractivity contribution >= 4 is 11.4 Å². The summed E-state index contributed by atoms with van der Waals surface area (Å²) >= 11 is 0. The summed E-state index contributed by atoms with van der Waals surface area (Å²) in [7, 11) is 0. The number of piperidine rings is 1. The highest BCUT2D eigenvalue weighted by atomic mass is 16.6. The third-order valence-corrected chi connectivity index (χ3v) is 4.76. The molecule has 2 heterocycles. The molecule has 0 bridgehead atoms. The molecule has 0 unspecified atom stereocenters. The number of hydrogen-bond donors (Lipinski definition) is 0. The van der Waals surface area contributed by atoms with Gasteiger partial charge in [-0.05, 0) is 31.4 Å². The van der Waals surface area contributed by atoms with Crippen molar-refractivity contribution < 1.29 is 9.66 Å². The van der Waals surface area contributed by atoms with Crippen molar-refractivity contribution in [2.45, 2.75) is 25.8 Å². The number of rotatable bonds is 3. The SMILES string of the molecule is Cc1cc([N+](=O)[O-])ccc1N1CCC(N2CCOCC2)CC1. The summed E-state index contributed by atoms with van der Waals surface area (Å²) in [6.45, 7) is 7.77. The minimum absolute atomic E-state index is 0.171. The first kappa shape index (κ1) is 15.2. The third-order valence-electron chi connectivity index (χ3n) is 4.76. The van der Waals surface area contributed by atoms with Gasteiger partial charge in [-0.25, -0.2) is 0 Å². The Kier molecular flexibility index (Phi) is 4.59. The van der Waals surface area contributed by atoms with Crippen molar-refractivity contribution in [3.05, 3.63) is 33.9 Å². The smallest absolute Gasteiger partial charge is 0.269 e. The van der Waals surface area contributed by atoms with Gasteiger partial charge in [-0.2, -0.15) is 0 Å². The van der Waals surface area contributed by atoms with Crippen molar-refractivity contribution in [2.24, 2.45) is 0 Å². The van der Waals surface area contributed by atoms with Gasteiger partial charge >= 0.3 is 0 Å². The van der Waals surface area contributed by atoms with Crippen molar-refractivity contribution in [2.75, 3.05) is 44.3 Å². The molecule has 1 aromatic carbocycles. The molecule has 0 atom stereocenters. The van der Waals surface area contributed by atoms with Crippen LogP contribution in [0.25, 0.3) is 0 Å². The number of nitrogens with zero attached hydrogens (tertiary/aromatic N) is 3. The zero-order valence-electron chi connectivity index (χ0n) is 13.0. The fourth-order valence-corrected chi connectivity index (χ4v) is 3.52. The second-order valence-electron chi connectivity index (χ2n) is 6.09. The van der Waals surface area contributed by atoms with Gasteiger partial charge in [-0.15, -0.1) is 0 Å². The number of hydrogen-bond acceptors (Lipinski definition) is 5. The molecule has 6 heteroatoms. The van der Waals surface area contributed by atoms with Crippen LogP contribution < -0.4 is 4.90 Å². The Morgan fingerprint density at radius 2 is 1.86 bits per heavy atom. The lowest BCUT2D eigenvalue weighted by molar-refractivity contribution is -0.384. The maximum atomic E-state index is 10.8. The second-order valence-corrected chi connectivity index (χ2v) is 6.09. The van der Waals surface area contributed by atoms with Gasteiger partial charge in [0.15, 0.2) is 0 Å². The summed E-state index contributed by atoms with van der Waals surface area (Å²) in [5.74, 6) is 0. The largest absolute Gasteiger partial charge is 0.379 e. The van der Waals surface area contributed by atoms with E-state index in [1.165, 1.54) is 0 Å². The molecule has 0 spiro atoms. The van der Waals surface area contributed by atoms with Crippen LogP contribution in [0.4, 0.5) is 11.4 Å². The number of anilines is 1. The van der Waals surface area contributed by atoms with Gasteiger partial charge in [0.25, 0.3) is 5.69 Å². The lowest BCUT2D eigenvalue weighted by atomic mass is 10.0. The van der Waals surface area contributed by atoms with Crippen LogP contribution in [0.2, 0.25) is 0 Å². The summed E-state index contributed by atoms with van der Waals surface area (Å²) in [4.78, 5) is 15.4. The van der Waals surface area contributed by atoms with E-state index in [-0.39, 0.29) is 10.6 Å². The molecule has 0 amide bonds. The fraction of sp³-hybridized carbons (Fsp3) is 0.625. The highest BCUT2D eigenvalue weighted by molar-refractivity contribution is 5.57. The zero-order chi connectivity index (χ0) is 15.5. The predicted molar refractivity (Wildman–Crippen MR) is 85.5 cm³/mol. The Morgan fingerprint density at radius 3 is 2.45 bits per heavy atom. The fourth-order valence-electron chi connectivity index (χ4n) is 3.52. The number of nitro groups is 1. The van der Waals surface area contributed by atoms with E-state index in [4.69, 9.17) is 4.74 Å². The van der Waals surface area contributed by atoms with Crippen molar-refractivity contribution in [1.29, 1.82) is 0 Å². The summed E-state index contributed by atoms with van der Waals surface area (Å²) in [6.07, 6.45) is 2.30. The topological polar surface area (TPSA) is 58.9 Å². The minimum atomic E-state index is -0.332. The summed E-state index contributed by atoms with van der Waals surface area (Å²) < 4.78 is 5.42. The minimum Gasteiger partial charge on any atom is -0.379 e. The first-order valence-electron chi connectivity index (χ1n) is 7.97. The number of aryl methyl sites for hydroxylation is 1. The van der Waals surface area contributed by atoms with Crippen LogP contribution in [0.3, 0.4) is 0 Å². The van der Waals surface area contributed by atoms with Gasteiger partial charge in [0.2, 0.25) is 0 Å². The molecule has 2 fully saturated rings. The first-order valence-corrected chi connectivity index (χ1v) is 7.97. The molecule has 2 aliphatic rings. The molecule has 1 aromatic rings. The average Bonchev–Trinajstić information content (AvgIpc) is 2.56. The van der Waals surface area contributed by atoms with Crippen LogP contribution in [0.15, 0.2) is 18.2 Å². The number of morpholine rings is 1. The Balaban J connectivity index is 1.62. The Morgan fingerprint density at radius 1 is 1.18 bits per heavy atom. The van der Waals surface area contributed by atoms with E-state index in [1.807, 2.05) is 13.0 Å². The van der Waals surface area contributed by atoms with E-state index in [2.05, 4.69) is 9.80 Å². The predicted octanol–water partition coefficient (Wildman–Crippen LogP) is 2.20. The van der Waals surface area contributed by atoms with Crippen molar-refractivity contribution in [1.82, 2.24) is 4.90 Å². The van der Waals surface area contributed by atoms with Crippen LogP contribution in [0, 0.1) is 17.0 Å². The molecule has 2 saturated heterocycles. The lowest BCUT2D eigenvalue weighted by Gasteiger charge is -2.41. The number of nitro benzene ring substituents is 1.